The van der Waals surface area contributed by atoms with Gasteiger partial charge in [-0.25, -0.2) is 23.6 Å². The number of anilines is 2. The van der Waals surface area contributed by atoms with Crippen LogP contribution in [0.4, 0.5) is 20.6 Å². The predicted molar refractivity (Wildman–Crippen MR) is 123 cm³/mol. The third-order valence-corrected chi connectivity index (χ3v) is 5.42. The van der Waals surface area contributed by atoms with Crippen molar-refractivity contribution in [3.8, 4) is 0 Å². The molecule has 1 fully saturated rings. The van der Waals surface area contributed by atoms with Gasteiger partial charge in [0.25, 0.3) is 0 Å². The van der Waals surface area contributed by atoms with Gasteiger partial charge in [0.15, 0.2) is 10.8 Å². The molecule has 1 aromatic carbocycles. The number of fused-ring (bicyclic) bond motifs is 1. The van der Waals surface area contributed by atoms with Crippen LogP contribution in [0, 0.1) is 5.82 Å². The minimum Gasteiger partial charge on any atom is -0.443 e. The van der Waals surface area contributed by atoms with Gasteiger partial charge in [-0.3, -0.25) is 0 Å². The zero-order valence-corrected chi connectivity index (χ0v) is 20.0. The van der Waals surface area contributed by atoms with Crippen LogP contribution in [-0.2, 0) is 10.2 Å². The van der Waals surface area contributed by atoms with Gasteiger partial charge in [0.1, 0.15) is 17.1 Å². The summed E-state index contributed by atoms with van der Waals surface area (Å²) in [5.74, 6) is -0.0279. The molecule has 0 unspecified atom stereocenters. The molecule has 4 rings (SSSR count). The molecule has 2 aromatic heterocycles. The molecule has 8 heteroatoms. The van der Waals surface area contributed by atoms with Gasteiger partial charge in [-0.05, 0) is 51.2 Å². The van der Waals surface area contributed by atoms with E-state index in [1.807, 2.05) is 20.8 Å². The molecule has 0 bridgehead atoms. The minimum atomic E-state index is -0.758. The lowest BCUT2D eigenvalue weighted by molar-refractivity contribution is 0.0599. The number of rotatable bonds is 3. The lowest BCUT2D eigenvalue weighted by atomic mass is 9.85. The van der Waals surface area contributed by atoms with E-state index in [0.717, 1.165) is 18.5 Å². The maximum absolute atomic E-state index is 15.1. The van der Waals surface area contributed by atoms with Crippen LogP contribution < -0.4 is 4.90 Å². The van der Waals surface area contributed by atoms with E-state index in [9.17, 15) is 4.79 Å². The van der Waals surface area contributed by atoms with Crippen molar-refractivity contribution in [2.75, 3.05) is 4.90 Å². The highest BCUT2D eigenvalue weighted by Crippen LogP contribution is 2.43. The molecule has 1 aliphatic carbocycles. The van der Waals surface area contributed by atoms with E-state index < -0.39 is 22.9 Å². The number of carbonyl (C=O) groups excluding carboxylic acids is 1. The Morgan fingerprint density at radius 3 is 2.47 bits per heavy atom. The summed E-state index contributed by atoms with van der Waals surface area (Å²) < 4.78 is 22.5. The molecule has 32 heavy (non-hydrogen) atoms. The number of ether oxygens (including phenoxy) is 1. The zero-order chi connectivity index (χ0) is 23.4. The number of imidazole rings is 1. The van der Waals surface area contributed by atoms with Gasteiger partial charge < -0.3 is 4.74 Å². The van der Waals surface area contributed by atoms with Crippen molar-refractivity contribution in [2.24, 2.45) is 0 Å². The fourth-order valence-electron chi connectivity index (χ4n) is 3.84. The number of carbonyl (C=O) groups is 1. The average molecular weight is 459 g/mol. The summed E-state index contributed by atoms with van der Waals surface area (Å²) in [5, 5.41) is 4.63. The first kappa shape index (κ1) is 22.5. The van der Waals surface area contributed by atoms with E-state index >= 15 is 4.39 Å². The summed E-state index contributed by atoms with van der Waals surface area (Å²) in [6.07, 6.45) is 3.24. The van der Waals surface area contributed by atoms with Crippen molar-refractivity contribution in [2.45, 2.75) is 71.3 Å². The molecule has 3 aromatic rings. The quantitative estimate of drug-likeness (QED) is 0.434. The second-order valence-electron chi connectivity index (χ2n) is 10.2. The van der Waals surface area contributed by atoms with Gasteiger partial charge in [-0.1, -0.05) is 38.4 Å². The highest BCUT2D eigenvalue weighted by atomic mass is 35.5. The Kier molecular flexibility index (Phi) is 5.44. The Hall–Kier alpha value is -2.67. The van der Waals surface area contributed by atoms with Crippen molar-refractivity contribution in [3.05, 3.63) is 52.7 Å². The first-order valence-corrected chi connectivity index (χ1v) is 11.1. The molecule has 6 nitrogen and oxygen atoms in total. The first-order chi connectivity index (χ1) is 14.9. The Balaban J connectivity index is 2.00. The van der Waals surface area contributed by atoms with Crippen LogP contribution in [0.15, 0.2) is 30.5 Å². The average Bonchev–Trinajstić information content (AvgIpc) is 3.39. The number of hydrogen-bond donors (Lipinski definition) is 0. The van der Waals surface area contributed by atoms with Crippen LogP contribution in [0.3, 0.4) is 0 Å². The number of hydrogen-bond acceptors (Lipinski definition) is 4. The summed E-state index contributed by atoms with van der Waals surface area (Å²) in [4.78, 5) is 19.5. The van der Waals surface area contributed by atoms with Crippen LogP contribution in [0.25, 0.3) is 5.65 Å². The van der Waals surface area contributed by atoms with Crippen molar-refractivity contribution in [3.63, 3.8) is 0 Å². The molecule has 2 heterocycles. The molecular weight excluding hydrogens is 431 g/mol. The predicted octanol–water partition coefficient (Wildman–Crippen LogP) is 6.77. The standard InChI is InChI=1S/C24H28ClFN4O2/c1-23(2,3)20-15(26)8-7-9-16(20)29(22(31)32-24(4,5)6)17-12-19(25)28-30-18(14-10-11-14)13-27-21(17)30/h7-9,12-14H,10-11H2,1-6H3. The van der Waals surface area contributed by atoms with Gasteiger partial charge in [-0.15, -0.1) is 0 Å². The van der Waals surface area contributed by atoms with Gasteiger partial charge in [0.2, 0.25) is 0 Å². The molecule has 0 N–H and O–H groups in total. The van der Waals surface area contributed by atoms with Gasteiger partial charge in [0.05, 0.1) is 17.6 Å². The van der Waals surface area contributed by atoms with Gasteiger partial charge in [-0.2, -0.15) is 5.10 Å². The Bertz CT molecular complexity index is 1190. The SMILES string of the molecule is CC(C)(C)OC(=O)N(c1cccc(F)c1C(C)(C)C)c1cc(Cl)nn2c(C3CC3)cnc12. The lowest BCUT2D eigenvalue weighted by Gasteiger charge is -2.32. The number of amides is 1. The summed E-state index contributed by atoms with van der Waals surface area (Å²) in [6.45, 7) is 11.1. The molecule has 0 saturated heterocycles. The lowest BCUT2D eigenvalue weighted by Crippen LogP contribution is -2.35. The number of aromatic nitrogens is 3. The Labute approximate surface area is 192 Å². The normalized spacial score (nSPS) is 14.6. The molecule has 1 amide bonds. The smallest absolute Gasteiger partial charge is 0.419 e. The van der Waals surface area contributed by atoms with Gasteiger partial charge in [0, 0.05) is 17.5 Å². The molecule has 0 atom stereocenters. The summed E-state index contributed by atoms with van der Waals surface area (Å²) in [7, 11) is 0. The van der Waals surface area contributed by atoms with Crippen molar-refractivity contribution < 1.29 is 13.9 Å². The minimum absolute atomic E-state index is 0.203. The third kappa shape index (κ3) is 4.31. The van der Waals surface area contributed by atoms with Crippen LogP contribution in [-0.4, -0.2) is 26.3 Å². The fraction of sp³-hybridized carbons (Fsp3) is 0.458. The first-order valence-electron chi connectivity index (χ1n) is 10.7. The zero-order valence-electron chi connectivity index (χ0n) is 19.2. The Morgan fingerprint density at radius 1 is 1.19 bits per heavy atom. The maximum atomic E-state index is 15.1. The van der Waals surface area contributed by atoms with E-state index in [-0.39, 0.29) is 5.15 Å². The van der Waals surface area contributed by atoms with Crippen molar-refractivity contribution >= 4 is 34.7 Å². The monoisotopic (exact) mass is 458 g/mol. The number of nitrogens with zero attached hydrogens (tertiary/aromatic N) is 4. The Morgan fingerprint density at radius 2 is 1.88 bits per heavy atom. The molecule has 170 valence electrons. The summed E-state index contributed by atoms with van der Waals surface area (Å²) in [5.41, 5.74) is 1.24. The molecule has 1 aliphatic rings. The second-order valence-corrected chi connectivity index (χ2v) is 10.6. The molecule has 1 saturated carbocycles. The summed E-state index contributed by atoms with van der Waals surface area (Å²) in [6, 6.07) is 6.26. The molecule has 0 aliphatic heterocycles. The highest BCUT2D eigenvalue weighted by Gasteiger charge is 2.34. The molecule has 0 radical (unpaired) electrons. The topological polar surface area (TPSA) is 59.7 Å². The van der Waals surface area contributed by atoms with Crippen molar-refractivity contribution in [1.29, 1.82) is 0 Å². The highest BCUT2D eigenvalue weighted by molar-refractivity contribution is 6.29. The van der Waals surface area contributed by atoms with Crippen molar-refractivity contribution in [1.82, 2.24) is 14.6 Å². The van der Waals surface area contributed by atoms with E-state index in [1.165, 1.54) is 11.0 Å². The van der Waals surface area contributed by atoms with Crippen LogP contribution in [0.1, 0.15) is 71.6 Å². The fourth-order valence-corrected chi connectivity index (χ4v) is 4.02. The molecular formula is C24H28ClFN4O2. The number of benzene rings is 1. The maximum Gasteiger partial charge on any atom is 0.419 e. The second kappa shape index (κ2) is 7.73. The van der Waals surface area contributed by atoms with E-state index in [0.29, 0.717) is 28.5 Å². The van der Waals surface area contributed by atoms with Crippen LogP contribution in [0.5, 0.6) is 0 Å². The van der Waals surface area contributed by atoms with Crippen LogP contribution in [0.2, 0.25) is 5.15 Å². The van der Waals surface area contributed by atoms with Gasteiger partial charge >= 0.3 is 6.09 Å². The van der Waals surface area contributed by atoms with E-state index in [4.69, 9.17) is 16.3 Å². The summed E-state index contributed by atoms with van der Waals surface area (Å²) >= 11 is 6.40. The molecule has 0 spiro atoms. The van der Waals surface area contributed by atoms with E-state index in [1.54, 1.807) is 49.7 Å². The number of halogens is 2. The van der Waals surface area contributed by atoms with Crippen LogP contribution >= 0.6 is 11.6 Å². The third-order valence-electron chi connectivity index (χ3n) is 5.24. The largest absolute Gasteiger partial charge is 0.443 e. The van der Waals surface area contributed by atoms with E-state index in [2.05, 4.69) is 10.1 Å².